The topological polar surface area (TPSA) is 70.7 Å². The van der Waals surface area contributed by atoms with Crippen LogP contribution in [0.5, 0.6) is 0 Å². The van der Waals surface area contributed by atoms with Crippen molar-refractivity contribution in [3.63, 3.8) is 0 Å². The molecule has 1 fully saturated rings. The number of benzene rings is 2. The van der Waals surface area contributed by atoms with E-state index in [1.807, 2.05) is 24.3 Å². The lowest BCUT2D eigenvalue weighted by Crippen LogP contribution is -2.53. The Morgan fingerprint density at radius 1 is 1.16 bits per heavy atom. The van der Waals surface area contributed by atoms with Crippen molar-refractivity contribution in [2.45, 2.75) is 43.8 Å². The van der Waals surface area contributed by atoms with Gasteiger partial charge in [-0.1, -0.05) is 47.1 Å². The van der Waals surface area contributed by atoms with Crippen molar-refractivity contribution in [1.29, 1.82) is 0 Å². The summed E-state index contributed by atoms with van der Waals surface area (Å²) in [5, 5.41) is 20.0. The van der Waals surface area contributed by atoms with Crippen LogP contribution < -0.4 is 5.32 Å². The molecule has 2 N–H and O–H groups in total. The first-order valence-electron chi connectivity index (χ1n) is 9.98. The predicted molar refractivity (Wildman–Crippen MR) is 111 cm³/mol. The number of alkyl halides is 3. The lowest BCUT2D eigenvalue weighted by molar-refractivity contribution is -0.139. The number of oxime groups is 1. The number of nitrogens with zero attached hydrogens (tertiary/aromatic N) is 2. The van der Waals surface area contributed by atoms with Crippen molar-refractivity contribution in [2.24, 2.45) is 5.16 Å². The summed E-state index contributed by atoms with van der Waals surface area (Å²) in [5.41, 5.74) is 0.505. The molecule has 1 aliphatic carbocycles. The zero-order valence-corrected chi connectivity index (χ0v) is 16.9. The smallest absolute Gasteiger partial charge is 0.411 e. The maximum absolute atomic E-state index is 13.8. The molecule has 31 heavy (non-hydrogen) atoms. The van der Waals surface area contributed by atoms with Gasteiger partial charge in [0.15, 0.2) is 5.76 Å². The van der Waals surface area contributed by atoms with Gasteiger partial charge in [-0.3, -0.25) is 0 Å². The number of halogens is 3. The van der Waals surface area contributed by atoms with Gasteiger partial charge in [-0.15, -0.1) is 0 Å². The van der Waals surface area contributed by atoms with Crippen LogP contribution in [0, 0.1) is 0 Å². The Bertz CT molecular complexity index is 1070. The lowest BCUT2D eigenvalue weighted by Gasteiger charge is -2.49. The minimum Gasteiger partial charge on any atom is -0.411 e. The molecule has 1 aliphatic rings. The van der Waals surface area contributed by atoms with Crippen LogP contribution in [0.3, 0.4) is 0 Å². The van der Waals surface area contributed by atoms with Crippen LogP contribution in [-0.2, 0) is 11.6 Å². The molecule has 162 valence electrons. The van der Waals surface area contributed by atoms with Gasteiger partial charge in [-0.05, 0) is 43.5 Å². The average Bonchev–Trinajstić information content (AvgIpc) is 3.26. The highest BCUT2D eigenvalue weighted by atomic mass is 19.4. The molecule has 1 saturated carbocycles. The average molecular weight is 429 g/mol. The Morgan fingerprint density at radius 2 is 1.94 bits per heavy atom. The highest BCUT2D eigenvalue weighted by Crippen LogP contribution is 2.51. The quantitative estimate of drug-likeness (QED) is 0.282. The van der Waals surface area contributed by atoms with E-state index in [-0.39, 0.29) is 5.56 Å². The summed E-state index contributed by atoms with van der Waals surface area (Å²) in [5.74, 6) is 0.577. The van der Waals surface area contributed by atoms with E-state index in [9.17, 15) is 18.4 Å². The second-order valence-electron chi connectivity index (χ2n) is 7.83. The third kappa shape index (κ3) is 3.89. The number of rotatable bonds is 6. The highest BCUT2D eigenvalue weighted by molar-refractivity contribution is 5.91. The zero-order chi connectivity index (χ0) is 22.1. The molecule has 5 nitrogen and oxygen atoms in total. The molecule has 0 amide bonds. The maximum atomic E-state index is 13.8. The molecule has 0 bridgehead atoms. The zero-order valence-electron chi connectivity index (χ0n) is 16.9. The van der Waals surface area contributed by atoms with Gasteiger partial charge in [0, 0.05) is 22.7 Å². The largest absolute Gasteiger partial charge is 0.416 e. The normalized spacial score (nSPS) is 17.1. The van der Waals surface area contributed by atoms with Crippen molar-refractivity contribution < 1.29 is 22.9 Å². The van der Waals surface area contributed by atoms with Crippen molar-refractivity contribution in [3.8, 4) is 11.3 Å². The van der Waals surface area contributed by atoms with E-state index in [0.717, 1.165) is 18.1 Å². The summed E-state index contributed by atoms with van der Waals surface area (Å²) in [6.45, 7) is 1.62. The van der Waals surface area contributed by atoms with E-state index < -0.39 is 23.2 Å². The maximum Gasteiger partial charge on any atom is 0.416 e. The molecular weight excluding hydrogens is 407 g/mol. The molecule has 1 atom stereocenters. The first-order chi connectivity index (χ1) is 14.8. The molecule has 0 aliphatic heterocycles. The molecule has 0 spiro atoms. The highest BCUT2D eigenvalue weighted by Gasteiger charge is 2.51. The first kappa shape index (κ1) is 21.0. The van der Waals surface area contributed by atoms with E-state index in [0.29, 0.717) is 30.0 Å². The Hall–Kier alpha value is -3.29. The molecule has 4 rings (SSSR count). The van der Waals surface area contributed by atoms with Crippen LogP contribution in [0.25, 0.3) is 11.3 Å². The first-order valence-corrected chi connectivity index (χ1v) is 9.98. The van der Waals surface area contributed by atoms with Crippen LogP contribution in [0.4, 0.5) is 18.9 Å². The number of hydrogen-bond acceptors (Lipinski definition) is 5. The third-order valence-corrected chi connectivity index (χ3v) is 6.04. The van der Waals surface area contributed by atoms with Gasteiger partial charge in [0.05, 0.1) is 23.5 Å². The van der Waals surface area contributed by atoms with Crippen molar-refractivity contribution in [3.05, 3.63) is 71.9 Å². The molecule has 1 heterocycles. The monoisotopic (exact) mass is 429 g/mol. The summed E-state index contributed by atoms with van der Waals surface area (Å²) in [6, 6.07) is 14.1. The number of anilines is 1. The second kappa shape index (κ2) is 8.09. The fraction of sp³-hybridized carbons (Fsp3) is 0.304. The van der Waals surface area contributed by atoms with Gasteiger partial charge in [0.2, 0.25) is 0 Å². The number of aromatic nitrogens is 1. The fourth-order valence-corrected chi connectivity index (χ4v) is 4.43. The Kier molecular flexibility index (Phi) is 5.47. The molecule has 8 heteroatoms. The SMILES string of the molecule is CC(=NO)C(Nc1cccc(-c2ccno2)c1)C1(c2ccccc2C(F)(F)F)CCC1. The summed E-state index contributed by atoms with van der Waals surface area (Å²) < 4.78 is 46.6. The Balaban J connectivity index is 1.76. The molecule has 0 radical (unpaired) electrons. The lowest BCUT2D eigenvalue weighted by atomic mass is 9.58. The molecule has 1 aromatic heterocycles. The van der Waals surface area contributed by atoms with Gasteiger partial charge in [-0.25, -0.2) is 0 Å². The standard InChI is InChI=1S/C23H22F3N3O2/c1-15(29-30)21(28-17-7-4-6-16(14-17)20-10-13-27-31-20)22(11-5-12-22)18-8-2-3-9-19(18)23(24,25)26/h2-4,6-10,13-14,21,28,30H,5,11-12H2,1H3. The van der Waals surface area contributed by atoms with Gasteiger partial charge in [0.1, 0.15) is 0 Å². The van der Waals surface area contributed by atoms with Crippen molar-refractivity contribution >= 4 is 11.4 Å². The van der Waals surface area contributed by atoms with Gasteiger partial charge < -0.3 is 15.0 Å². The molecular formula is C23H22F3N3O2. The van der Waals surface area contributed by atoms with E-state index in [1.54, 1.807) is 19.1 Å². The van der Waals surface area contributed by atoms with E-state index in [2.05, 4.69) is 15.6 Å². The predicted octanol–water partition coefficient (Wildman–Crippen LogP) is 6.11. The van der Waals surface area contributed by atoms with Crippen LogP contribution in [0.2, 0.25) is 0 Å². The van der Waals surface area contributed by atoms with E-state index >= 15 is 0 Å². The van der Waals surface area contributed by atoms with Crippen LogP contribution in [-0.4, -0.2) is 22.1 Å². The fourth-order valence-electron chi connectivity index (χ4n) is 4.43. The minimum absolute atomic E-state index is 0.223. The van der Waals surface area contributed by atoms with Gasteiger partial charge in [0.25, 0.3) is 0 Å². The second-order valence-corrected chi connectivity index (χ2v) is 7.83. The van der Waals surface area contributed by atoms with E-state index in [4.69, 9.17) is 4.52 Å². The third-order valence-electron chi connectivity index (χ3n) is 6.04. The number of nitrogens with one attached hydrogen (secondary N) is 1. The van der Waals surface area contributed by atoms with Crippen molar-refractivity contribution in [2.75, 3.05) is 5.32 Å². The van der Waals surface area contributed by atoms with Crippen molar-refractivity contribution in [1.82, 2.24) is 5.16 Å². The summed E-state index contributed by atoms with van der Waals surface area (Å²) >= 11 is 0. The molecule has 1 unspecified atom stereocenters. The van der Waals surface area contributed by atoms with Crippen LogP contribution in [0.15, 0.2) is 70.5 Å². The summed E-state index contributed by atoms with van der Waals surface area (Å²) in [4.78, 5) is 0. The van der Waals surface area contributed by atoms with Crippen LogP contribution in [0.1, 0.15) is 37.3 Å². The van der Waals surface area contributed by atoms with Gasteiger partial charge >= 0.3 is 6.18 Å². The Morgan fingerprint density at radius 3 is 2.55 bits per heavy atom. The number of hydrogen-bond donors (Lipinski definition) is 2. The molecule has 0 saturated heterocycles. The summed E-state index contributed by atoms with van der Waals surface area (Å²) in [7, 11) is 0. The van der Waals surface area contributed by atoms with E-state index in [1.165, 1.54) is 18.3 Å². The van der Waals surface area contributed by atoms with Crippen LogP contribution >= 0.6 is 0 Å². The summed E-state index contributed by atoms with van der Waals surface area (Å²) in [6.07, 6.45) is -1.04. The molecule has 3 aromatic rings. The molecule has 2 aromatic carbocycles. The Labute approximate surface area is 177 Å². The minimum atomic E-state index is -4.47. The van der Waals surface area contributed by atoms with Gasteiger partial charge in [-0.2, -0.15) is 13.2 Å².